The maximum atomic E-state index is 5.26. The van der Waals surface area contributed by atoms with Crippen LogP contribution in [0.15, 0.2) is 52.0 Å². The molecule has 2 aromatic carbocycles. The Labute approximate surface area is 174 Å². The van der Waals surface area contributed by atoms with Gasteiger partial charge in [-0.1, -0.05) is 18.2 Å². The first-order chi connectivity index (χ1) is 13.1. The number of hydrazone groups is 1. The third-order valence-electron chi connectivity index (χ3n) is 4.07. The topological polar surface area (TPSA) is 48.9 Å². The first-order valence-corrected chi connectivity index (χ1v) is 10.0. The van der Waals surface area contributed by atoms with Crippen molar-refractivity contribution < 1.29 is 4.74 Å². The average molecular weight is 449 g/mol. The van der Waals surface area contributed by atoms with Gasteiger partial charge in [-0.05, 0) is 77.4 Å². The third-order valence-corrected chi connectivity index (χ3v) is 4.93. The number of hydrogen-bond acceptors (Lipinski definition) is 4. The van der Waals surface area contributed by atoms with E-state index in [1.54, 1.807) is 13.3 Å². The van der Waals surface area contributed by atoms with Crippen LogP contribution in [0.1, 0.15) is 25.0 Å². The summed E-state index contributed by atoms with van der Waals surface area (Å²) in [5.41, 5.74) is 6.16. The zero-order chi connectivity index (χ0) is 19.6. The van der Waals surface area contributed by atoms with Gasteiger partial charge in [0.2, 0.25) is 0 Å². The molecule has 0 saturated heterocycles. The highest BCUT2D eigenvalue weighted by Crippen LogP contribution is 2.25. The maximum absolute atomic E-state index is 5.26. The van der Waals surface area contributed by atoms with Gasteiger partial charge >= 0.3 is 0 Å². The van der Waals surface area contributed by atoms with E-state index in [0.717, 1.165) is 34.4 Å². The predicted octanol–water partition coefficient (Wildman–Crippen LogP) is 4.30. The Morgan fingerprint density at radius 2 is 1.89 bits per heavy atom. The number of nitrogens with one attached hydrogen (secondary N) is 2. The van der Waals surface area contributed by atoms with Crippen LogP contribution >= 0.6 is 28.1 Å². The lowest BCUT2D eigenvalue weighted by molar-refractivity contribution is 0.412. The molecular weight excluding hydrogens is 424 g/mol. The molecule has 0 fully saturated rings. The Balaban J connectivity index is 1.82. The fraction of sp³-hybridized carbons (Fsp3) is 0.300. The molecule has 2 rings (SSSR count). The van der Waals surface area contributed by atoms with Crippen LogP contribution in [-0.2, 0) is 6.54 Å². The van der Waals surface area contributed by atoms with E-state index in [1.807, 2.05) is 30.3 Å². The summed E-state index contributed by atoms with van der Waals surface area (Å²) in [6.45, 7) is 6.90. The Hall–Kier alpha value is -2.12. The van der Waals surface area contributed by atoms with E-state index in [-0.39, 0.29) is 0 Å². The lowest BCUT2D eigenvalue weighted by Crippen LogP contribution is -2.31. The van der Waals surface area contributed by atoms with Gasteiger partial charge in [0.15, 0.2) is 5.11 Å². The quantitative estimate of drug-likeness (QED) is 0.358. The highest BCUT2D eigenvalue weighted by molar-refractivity contribution is 9.10. The van der Waals surface area contributed by atoms with Gasteiger partial charge < -0.3 is 15.0 Å². The molecule has 0 aliphatic rings. The average Bonchev–Trinajstić information content (AvgIpc) is 2.68. The van der Waals surface area contributed by atoms with Gasteiger partial charge in [-0.3, -0.25) is 5.43 Å². The van der Waals surface area contributed by atoms with Crippen molar-refractivity contribution in [1.29, 1.82) is 0 Å². The lowest BCUT2D eigenvalue weighted by Gasteiger charge is -2.20. The number of halogens is 1. The second kappa shape index (κ2) is 10.9. The summed E-state index contributed by atoms with van der Waals surface area (Å²) in [4.78, 5) is 2.30. The molecule has 2 aromatic rings. The van der Waals surface area contributed by atoms with Crippen molar-refractivity contribution in [2.75, 3.05) is 25.1 Å². The minimum Gasteiger partial charge on any atom is -0.496 e. The van der Waals surface area contributed by atoms with Crippen LogP contribution < -0.4 is 20.4 Å². The van der Waals surface area contributed by atoms with Crippen molar-refractivity contribution in [1.82, 2.24) is 10.7 Å². The Kier molecular flexibility index (Phi) is 8.54. The predicted molar refractivity (Wildman–Crippen MR) is 121 cm³/mol. The number of benzene rings is 2. The second-order valence-corrected chi connectivity index (χ2v) is 7.05. The van der Waals surface area contributed by atoms with Crippen LogP contribution in [0.4, 0.5) is 5.69 Å². The molecule has 5 nitrogen and oxygen atoms in total. The molecule has 0 saturated carbocycles. The normalized spacial score (nSPS) is 10.7. The molecule has 0 bridgehead atoms. The minimum absolute atomic E-state index is 0.470. The molecular formula is C20H25BrN4OS. The van der Waals surface area contributed by atoms with E-state index < -0.39 is 0 Å². The zero-order valence-corrected chi connectivity index (χ0v) is 18.2. The highest BCUT2D eigenvalue weighted by atomic mass is 79.9. The van der Waals surface area contributed by atoms with Gasteiger partial charge in [0.1, 0.15) is 5.75 Å². The van der Waals surface area contributed by atoms with Crippen molar-refractivity contribution >= 4 is 45.2 Å². The number of ether oxygens (including phenoxy) is 1. The first kappa shape index (κ1) is 21.2. The van der Waals surface area contributed by atoms with Crippen LogP contribution in [0.3, 0.4) is 0 Å². The molecule has 27 heavy (non-hydrogen) atoms. The van der Waals surface area contributed by atoms with Gasteiger partial charge in [0.05, 0.1) is 17.8 Å². The largest absolute Gasteiger partial charge is 0.496 e. The second-order valence-electron chi connectivity index (χ2n) is 5.79. The molecule has 0 unspecified atom stereocenters. The lowest BCUT2D eigenvalue weighted by atomic mass is 10.2. The van der Waals surface area contributed by atoms with Crippen molar-refractivity contribution in [3.8, 4) is 5.75 Å². The summed E-state index contributed by atoms with van der Waals surface area (Å²) >= 11 is 8.73. The first-order valence-electron chi connectivity index (χ1n) is 8.81. The standard InChI is InChI=1S/C20H25BrN4OS/c1-4-25(5-2)17-9-6-15(7-10-17)14-23-24-20(27)22-13-16-8-11-19(26-3)18(21)12-16/h6-12,14H,4-5,13H2,1-3H3,(H2,22,24,27)/b23-14-. The van der Waals surface area contributed by atoms with Crippen LogP contribution in [0.2, 0.25) is 0 Å². The molecule has 0 atom stereocenters. The van der Waals surface area contributed by atoms with Gasteiger partial charge in [-0.15, -0.1) is 0 Å². The molecule has 0 heterocycles. The molecule has 0 aliphatic carbocycles. The van der Waals surface area contributed by atoms with Crippen molar-refractivity contribution in [2.24, 2.45) is 5.10 Å². The van der Waals surface area contributed by atoms with E-state index in [9.17, 15) is 0 Å². The SMILES string of the molecule is CCN(CC)c1ccc(/C=N\NC(=S)NCc2ccc(OC)c(Br)c2)cc1. The van der Waals surface area contributed by atoms with Gasteiger partial charge in [0.25, 0.3) is 0 Å². The number of thiocarbonyl (C=S) groups is 1. The number of anilines is 1. The molecule has 0 radical (unpaired) electrons. The van der Waals surface area contributed by atoms with E-state index in [0.29, 0.717) is 11.7 Å². The molecule has 7 heteroatoms. The number of nitrogens with zero attached hydrogens (tertiary/aromatic N) is 2. The summed E-state index contributed by atoms with van der Waals surface area (Å²) in [5, 5.41) is 7.79. The van der Waals surface area contributed by atoms with Gasteiger partial charge in [0, 0.05) is 25.3 Å². The monoisotopic (exact) mass is 448 g/mol. The van der Waals surface area contributed by atoms with Crippen LogP contribution in [0.5, 0.6) is 5.75 Å². The summed E-state index contributed by atoms with van der Waals surface area (Å²) in [5.74, 6) is 0.802. The number of methoxy groups -OCH3 is 1. The summed E-state index contributed by atoms with van der Waals surface area (Å²) < 4.78 is 6.14. The van der Waals surface area contributed by atoms with Gasteiger partial charge in [-0.25, -0.2) is 0 Å². The highest BCUT2D eigenvalue weighted by Gasteiger charge is 2.02. The van der Waals surface area contributed by atoms with E-state index in [1.165, 1.54) is 5.69 Å². The number of hydrogen-bond donors (Lipinski definition) is 2. The molecule has 0 aromatic heterocycles. The molecule has 2 N–H and O–H groups in total. The zero-order valence-electron chi connectivity index (χ0n) is 15.8. The van der Waals surface area contributed by atoms with Crippen LogP contribution in [-0.4, -0.2) is 31.5 Å². The van der Waals surface area contributed by atoms with E-state index in [2.05, 4.69) is 62.7 Å². The number of rotatable bonds is 8. The van der Waals surface area contributed by atoms with E-state index in [4.69, 9.17) is 17.0 Å². The fourth-order valence-corrected chi connectivity index (χ4v) is 3.28. The molecule has 0 aliphatic heterocycles. The van der Waals surface area contributed by atoms with Crippen LogP contribution in [0, 0.1) is 0 Å². The maximum Gasteiger partial charge on any atom is 0.187 e. The third kappa shape index (κ3) is 6.52. The summed E-state index contributed by atoms with van der Waals surface area (Å²) in [6, 6.07) is 14.2. The van der Waals surface area contributed by atoms with Gasteiger partial charge in [-0.2, -0.15) is 5.10 Å². The Morgan fingerprint density at radius 1 is 1.19 bits per heavy atom. The molecule has 0 amide bonds. The smallest absolute Gasteiger partial charge is 0.187 e. The van der Waals surface area contributed by atoms with Crippen molar-refractivity contribution in [2.45, 2.75) is 20.4 Å². The molecule has 0 spiro atoms. The van der Waals surface area contributed by atoms with Crippen molar-refractivity contribution in [3.63, 3.8) is 0 Å². The Bertz CT molecular complexity index is 776. The minimum atomic E-state index is 0.470. The summed E-state index contributed by atoms with van der Waals surface area (Å²) in [7, 11) is 1.65. The molecule has 144 valence electrons. The van der Waals surface area contributed by atoms with E-state index >= 15 is 0 Å². The van der Waals surface area contributed by atoms with Crippen molar-refractivity contribution in [3.05, 3.63) is 58.1 Å². The summed E-state index contributed by atoms with van der Waals surface area (Å²) in [6.07, 6.45) is 1.75. The Morgan fingerprint density at radius 3 is 2.48 bits per heavy atom. The van der Waals surface area contributed by atoms with Crippen LogP contribution in [0.25, 0.3) is 0 Å². The fourth-order valence-electron chi connectivity index (χ4n) is 2.57.